The van der Waals surface area contributed by atoms with Gasteiger partial charge in [0.15, 0.2) is 0 Å². The first-order valence-corrected chi connectivity index (χ1v) is 6.94. The van der Waals surface area contributed by atoms with Gasteiger partial charge in [-0.15, -0.1) is 0 Å². The first-order valence-electron chi connectivity index (χ1n) is 6.94. The lowest BCUT2D eigenvalue weighted by Gasteiger charge is -2.20. The number of aromatic nitrogens is 3. The highest BCUT2D eigenvalue weighted by atomic mass is 16.1. The molecule has 21 heavy (non-hydrogen) atoms. The van der Waals surface area contributed by atoms with Crippen molar-refractivity contribution >= 4 is 11.6 Å². The van der Waals surface area contributed by atoms with Gasteiger partial charge < -0.3 is 10.6 Å². The van der Waals surface area contributed by atoms with Crippen LogP contribution in [0.4, 0.5) is 5.69 Å². The van der Waals surface area contributed by atoms with Crippen LogP contribution in [0.5, 0.6) is 0 Å². The van der Waals surface area contributed by atoms with E-state index in [1.54, 1.807) is 11.0 Å². The van der Waals surface area contributed by atoms with Crippen molar-refractivity contribution in [3.63, 3.8) is 0 Å². The van der Waals surface area contributed by atoms with Crippen molar-refractivity contribution in [1.82, 2.24) is 20.1 Å². The molecule has 0 unspecified atom stereocenters. The van der Waals surface area contributed by atoms with Gasteiger partial charge in [0, 0.05) is 18.5 Å². The summed E-state index contributed by atoms with van der Waals surface area (Å²) >= 11 is 0. The summed E-state index contributed by atoms with van der Waals surface area (Å²) in [5.74, 6) is -0.0284. The monoisotopic (exact) mass is 287 g/mol. The molecule has 2 rings (SSSR count). The molecule has 112 valence electrons. The smallest absolute Gasteiger partial charge is 0.225 e. The quantitative estimate of drug-likeness (QED) is 0.882. The number of carbonyl (C=O) groups excluding carboxylic acids is 1. The largest absolute Gasteiger partial charge is 0.324 e. The van der Waals surface area contributed by atoms with Gasteiger partial charge in [-0.05, 0) is 32.9 Å². The Kier molecular flexibility index (Phi) is 4.70. The zero-order valence-corrected chi connectivity index (χ0v) is 12.6. The number of rotatable bonds is 5. The maximum Gasteiger partial charge on any atom is 0.225 e. The van der Waals surface area contributed by atoms with Crippen LogP contribution in [0.3, 0.4) is 0 Å². The number of carbonyl (C=O) groups is 1. The highest BCUT2D eigenvalue weighted by Crippen LogP contribution is 2.18. The summed E-state index contributed by atoms with van der Waals surface area (Å²) in [5.41, 5.74) is 1.54. The van der Waals surface area contributed by atoms with E-state index in [9.17, 15) is 4.79 Å². The number of hydrogen-bond donors (Lipinski definition) is 2. The van der Waals surface area contributed by atoms with Crippen LogP contribution in [-0.4, -0.2) is 32.8 Å². The van der Waals surface area contributed by atoms with Gasteiger partial charge in [-0.1, -0.05) is 12.1 Å². The Labute approximate surface area is 124 Å². The van der Waals surface area contributed by atoms with E-state index in [4.69, 9.17) is 0 Å². The molecule has 0 atom stereocenters. The molecule has 1 amide bonds. The molecule has 0 spiro atoms. The Morgan fingerprint density at radius 1 is 1.29 bits per heavy atom. The number of nitrogens with zero attached hydrogens (tertiary/aromatic N) is 3. The first kappa shape index (κ1) is 15.2. The number of amides is 1. The summed E-state index contributed by atoms with van der Waals surface area (Å²) in [6, 6.07) is 7.51. The molecule has 1 aromatic heterocycles. The normalized spacial score (nSPS) is 11.4. The SMILES string of the molecule is CC(C)(C)NCCC(=O)Nc1ccccc1-n1cncn1. The van der Waals surface area contributed by atoms with E-state index < -0.39 is 0 Å². The molecule has 0 saturated carbocycles. The summed E-state index contributed by atoms with van der Waals surface area (Å²) in [6.07, 6.45) is 3.49. The minimum Gasteiger partial charge on any atom is -0.324 e. The number of para-hydroxylation sites is 2. The Morgan fingerprint density at radius 3 is 2.71 bits per heavy atom. The third kappa shape index (κ3) is 4.68. The predicted octanol–water partition coefficient (Wildman–Crippen LogP) is 1.98. The van der Waals surface area contributed by atoms with Crippen LogP contribution in [0.25, 0.3) is 5.69 Å². The molecule has 2 aromatic rings. The summed E-state index contributed by atoms with van der Waals surface area (Å²) in [5, 5.41) is 10.3. The second-order valence-electron chi connectivity index (χ2n) is 5.83. The van der Waals surface area contributed by atoms with Gasteiger partial charge in [-0.3, -0.25) is 4.79 Å². The number of nitrogens with one attached hydrogen (secondary N) is 2. The maximum absolute atomic E-state index is 12.0. The molecule has 6 nitrogen and oxygen atoms in total. The van der Waals surface area contributed by atoms with Gasteiger partial charge in [0.05, 0.1) is 11.4 Å². The average molecular weight is 287 g/mol. The third-order valence-corrected chi connectivity index (χ3v) is 2.85. The Balaban J connectivity index is 1.99. The molecule has 2 N–H and O–H groups in total. The van der Waals surface area contributed by atoms with Crippen LogP contribution in [0.1, 0.15) is 27.2 Å². The molecule has 1 aromatic carbocycles. The molecule has 0 fully saturated rings. The zero-order chi connectivity index (χ0) is 15.3. The molecule has 0 saturated heterocycles. The molecular weight excluding hydrogens is 266 g/mol. The van der Waals surface area contributed by atoms with E-state index in [2.05, 4.69) is 41.5 Å². The lowest BCUT2D eigenvalue weighted by Crippen LogP contribution is -2.37. The van der Waals surface area contributed by atoms with E-state index in [1.165, 1.54) is 6.33 Å². The fraction of sp³-hybridized carbons (Fsp3) is 0.400. The van der Waals surface area contributed by atoms with Gasteiger partial charge in [0.1, 0.15) is 12.7 Å². The van der Waals surface area contributed by atoms with Crippen molar-refractivity contribution < 1.29 is 4.79 Å². The van der Waals surface area contributed by atoms with Gasteiger partial charge in [-0.2, -0.15) is 5.10 Å². The second-order valence-corrected chi connectivity index (χ2v) is 5.83. The predicted molar refractivity (Wildman–Crippen MR) is 82.4 cm³/mol. The summed E-state index contributed by atoms with van der Waals surface area (Å²) < 4.78 is 1.63. The summed E-state index contributed by atoms with van der Waals surface area (Å²) in [7, 11) is 0. The topological polar surface area (TPSA) is 71.8 Å². The van der Waals surface area contributed by atoms with Crippen molar-refractivity contribution in [2.24, 2.45) is 0 Å². The van der Waals surface area contributed by atoms with E-state index >= 15 is 0 Å². The highest BCUT2D eigenvalue weighted by Gasteiger charge is 2.11. The molecule has 1 heterocycles. The zero-order valence-electron chi connectivity index (χ0n) is 12.6. The molecule has 0 aliphatic rings. The minimum atomic E-state index is -0.0284. The van der Waals surface area contributed by atoms with Crippen LogP contribution < -0.4 is 10.6 Å². The van der Waals surface area contributed by atoms with Crippen molar-refractivity contribution in [3.05, 3.63) is 36.9 Å². The summed E-state index contributed by atoms with van der Waals surface area (Å²) in [4.78, 5) is 15.9. The standard InChI is InChI=1S/C15H21N5O/c1-15(2,3)17-9-8-14(21)19-12-6-4-5-7-13(12)20-11-16-10-18-20/h4-7,10-11,17H,8-9H2,1-3H3,(H,19,21). The Hall–Kier alpha value is -2.21. The van der Waals surface area contributed by atoms with Gasteiger partial charge in [-0.25, -0.2) is 9.67 Å². The fourth-order valence-corrected chi connectivity index (χ4v) is 1.88. The molecule has 6 heteroatoms. The van der Waals surface area contributed by atoms with E-state index in [-0.39, 0.29) is 11.4 Å². The Morgan fingerprint density at radius 2 is 2.05 bits per heavy atom. The second kappa shape index (κ2) is 6.49. The number of hydrogen-bond acceptors (Lipinski definition) is 4. The molecule has 0 aliphatic heterocycles. The highest BCUT2D eigenvalue weighted by molar-refractivity contribution is 5.92. The number of benzene rings is 1. The van der Waals surface area contributed by atoms with Gasteiger partial charge >= 0.3 is 0 Å². The summed E-state index contributed by atoms with van der Waals surface area (Å²) in [6.45, 7) is 6.86. The number of anilines is 1. The van der Waals surface area contributed by atoms with Crippen LogP contribution in [0, 0.1) is 0 Å². The van der Waals surface area contributed by atoms with E-state index in [1.807, 2.05) is 24.3 Å². The minimum absolute atomic E-state index is 0.0128. The lowest BCUT2D eigenvalue weighted by atomic mass is 10.1. The van der Waals surface area contributed by atoms with Crippen molar-refractivity contribution in [2.75, 3.05) is 11.9 Å². The Bertz CT molecular complexity index is 586. The van der Waals surface area contributed by atoms with Crippen LogP contribution >= 0.6 is 0 Å². The van der Waals surface area contributed by atoms with Crippen molar-refractivity contribution in [2.45, 2.75) is 32.7 Å². The van der Waals surface area contributed by atoms with Crippen LogP contribution in [-0.2, 0) is 4.79 Å². The molecule has 0 bridgehead atoms. The third-order valence-electron chi connectivity index (χ3n) is 2.85. The maximum atomic E-state index is 12.0. The van der Waals surface area contributed by atoms with Crippen LogP contribution in [0.15, 0.2) is 36.9 Å². The van der Waals surface area contributed by atoms with E-state index in [0.29, 0.717) is 13.0 Å². The molecule has 0 aliphatic carbocycles. The van der Waals surface area contributed by atoms with Crippen LogP contribution in [0.2, 0.25) is 0 Å². The molecular formula is C15H21N5O. The lowest BCUT2D eigenvalue weighted by molar-refractivity contribution is -0.116. The molecule has 0 radical (unpaired) electrons. The van der Waals surface area contributed by atoms with Crippen molar-refractivity contribution in [1.29, 1.82) is 0 Å². The average Bonchev–Trinajstić information content (AvgIpc) is 2.91. The van der Waals surface area contributed by atoms with Gasteiger partial charge in [0.25, 0.3) is 0 Å². The van der Waals surface area contributed by atoms with E-state index in [0.717, 1.165) is 11.4 Å². The van der Waals surface area contributed by atoms with Gasteiger partial charge in [0.2, 0.25) is 5.91 Å². The fourth-order valence-electron chi connectivity index (χ4n) is 1.88. The first-order chi connectivity index (χ1) is 9.96. The van der Waals surface area contributed by atoms with Crippen molar-refractivity contribution in [3.8, 4) is 5.69 Å².